The van der Waals surface area contributed by atoms with Gasteiger partial charge in [-0.15, -0.1) is 0 Å². The highest BCUT2D eigenvalue weighted by Crippen LogP contribution is 2.42. The van der Waals surface area contributed by atoms with E-state index in [0.29, 0.717) is 38.8 Å². The van der Waals surface area contributed by atoms with Crippen molar-refractivity contribution in [2.75, 3.05) is 19.7 Å². The van der Waals surface area contributed by atoms with Gasteiger partial charge in [-0.25, -0.2) is 0 Å². The van der Waals surface area contributed by atoms with Crippen molar-refractivity contribution >= 4 is 17.7 Å². The van der Waals surface area contributed by atoms with E-state index in [9.17, 15) is 27.6 Å². The summed E-state index contributed by atoms with van der Waals surface area (Å²) in [6.45, 7) is 0.761. The van der Waals surface area contributed by atoms with E-state index in [2.05, 4.69) is 0 Å². The zero-order chi connectivity index (χ0) is 23.8. The van der Waals surface area contributed by atoms with E-state index in [1.54, 1.807) is 4.90 Å². The first-order valence-corrected chi connectivity index (χ1v) is 11.4. The first-order chi connectivity index (χ1) is 15.6. The molecule has 33 heavy (non-hydrogen) atoms. The average Bonchev–Trinajstić information content (AvgIpc) is 3.16. The number of rotatable bonds is 3. The van der Waals surface area contributed by atoms with Crippen LogP contribution in [0.15, 0.2) is 24.3 Å². The van der Waals surface area contributed by atoms with Crippen molar-refractivity contribution in [1.82, 2.24) is 9.80 Å². The molecule has 2 N–H and O–H groups in total. The van der Waals surface area contributed by atoms with E-state index in [4.69, 9.17) is 10.5 Å². The van der Waals surface area contributed by atoms with Crippen molar-refractivity contribution in [2.45, 2.75) is 62.9 Å². The lowest BCUT2D eigenvalue weighted by atomic mass is 9.89. The van der Waals surface area contributed by atoms with Crippen LogP contribution < -0.4 is 5.73 Å². The van der Waals surface area contributed by atoms with Crippen molar-refractivity contribution in [1.29, 1.82) is 0 Å². The molecular weight excluding hydrogens is 439 g/mol. The number of hydrogen-bond acceptors (Lipinski definition) is 4. The number of hydrogen-bond donors (Lipinski definition) is 1. The van der Waals surface area contributed by atoms with Crippen LogP contribution >= 0.6 is 0 Å². The van der Waals surface area contributed by atoms with Crippen LogP contribution in [0.5, 0.6) is 0 Å². The number of amides is 3. The number of carbonyl (C=O) groups is 3. The molecule has 2 saturated heterocycles. The summed E-state index contributed by atoms with van der Waals surface area (Å²) in [5.41, 5.74) is 3.70. The third-order valence-electron chi connectivity index (χ3n) is 7.07. The van der Waals surface area contributed by atoms with Gasteiger partial charge >= 0.3 is 6.18 Å². The Morgan fingerprint density at radius 1 is 1.00 bits per heavy atom. The van der Waals surface area contributed by atoms with Crippen molar-refractivity contribution in [3.05, 3.63) is 35.4 Å². The van der Waals surface area contributed by atoms with Crippen LogP contribution in [0, 0.1) is 5.92 Å². The largest absolute Gasteiger partial charge is 0.416 e. The van der Waals surface area contributed by atoms with Gasteiger partial charge in [0, 0.05) is 24.6 Å². The van der Waals surface area contributed by atoms with Crippen molar-refractivity contribution in [2.24, 2.45) is 11.7 Å². The van der Waals surface area contributed by atoms with Gasteiger partial charge in [-0.2, -0.15) is 13.2 Å². The first kappa shape index (κ1) is 23.5. The second-order valence-electron chi connectivity index (χ2n) is 9.09. The molecule has 10 heteroatoms. The van der Waals surface area contributed by atoms with Gasteiger partial charge < -0.3 is 15.4 Å². The number of ether oxygens (including phenoxy) is 1. The van der Waals surface area contributed by atoms with Crippen LogP contribution in [0.2, 0.25) is 0 Å². The molecule has 0 radical (unpaired) electrons. The Labute approximate surface area is 190 Å². The molecule has 1 spiro atoms. The van der Waals surface area contributed by atoms with E-state index >= 15 is 0 Å². The van der Waals surface area contributed by atoms with Gasteiger partial charge in [0.2, 0.25) is 11.8 Å². The quantitative estimate of drug-likeness (QED) is 0.740. The summed E-state index contributed by atoms with van der Waals surface area (Å²) in [6, 6.07) is 3.20. The smallest absolute Gasteiger partial charge is 0.369 e. The zero-order valence-corrected chi connectivity index (χ0v) is 18.3. The van der Waals surface area contributed by atoms with E-state index in [1.165, 1.54) is 4.90 Å². The van der Waals surface area contributed by atoms with E-state index in [1.807, 2.05) is 0 Å². The van der Waals surface area contributed by atoms with Crippen molar-refractivity contribution in [3.8, 4) is 0 Å². The predicted octanol–water partition coefficient (Wildman–Crippen LogP) is 2.93. The second-order valence-corrected chi connectivity index (χ2v) is 9.09. The fraction of sp³-hybridized carbons (Fsp3) is 0.609. The minimum atomic E-state index is -4.50. The minimum Gasteiger partial charge on any atom is -0.369 e. The third kappa shape index (κ3) is 4.58. The molecule has 1 aromatic carbocycles. The maximum absolute atomic E-state index is 13.6. The van der Waals surface area contributed by atoms with Gasteiger partial charge in [-0.1, -0.05) is 6.42 Å². The molecule has 2 aliphatic heterocycles. The van der Waals surface area contributed by atoms with E-state index in [0.717, 1.165) is 43.5 Å². The normalized spacial score (nSPS) is 23.7. The summed E-state index contributed by atoms with van der Waals surface area (Å²) < 4.78 is 45.0. The fourth-order valence-corrected chi connectivity index (χ4v) is 5.20. The Morgan fingerprint density at radius 3 is 2.15 bits per heavy atom. The van der Waals surface area contributed by atoms with Crippen LogP contribution in [-0.2, 0) is 20.5 Å². The Balaban J connectivity index is 1.58. The first-order valence-electron chi connectivity index (χ1n) is 11.4. The summed E-state index contributed by atoms with van der Waals surface area (Å²) in [5.74, 6) is -1.43. The summed E-state index contributed by atoms with van der Waals surface area (Å²) in [5, 5.41) is 0. The minimum absolute atomic E-state index is 0.0426. The number of nitrogens with two attached hydrogens (primary N) is 1. The van der Waals surface area contributed by atoms with Gasteiger partial charge in [0.1, 0.15) is 11.8 Å². The number of likely N-dealkylation sites (tertiary alicyclic amines) is 1. The lowest BCUT2D eigenvalue weighted by Crippen LogP contribution is -2.57. The Kier molecular flexibility index (Phi) is 6.39. The molecule has 4 rings (SSSR count). The number of primary amides is 1. The topological polar surface area (TPSA) is 92.9 Å². The molecule has 3 aliphatic rings. The fourth-order valence-electron chi connectivity index (χ4n) is 5.20. The lowest BCUT2D eigenvalue weighted by molar-refractivity contribution is -0.140. The molecule has 3 fully saturated rings. The van der Waals surface area contributed by atoms with Crippen LogP contribution in [-0.4, -0.2) is 59.0 Å². The molecule has 7 nitrogen and oxygen atoms in total. The maximum atomic E-state index is 13.6. The molecular formula is C23H28F3N3O4. The number of piperidine rings is 1. The van der Waals surface area contributed by atoms with Crippen LogP contribution in [0.25, 0.3) is 0 Å². The molecule has 180 valence electrons. The van der Waals surface area contributed by atoms with Crippen LogP contribution in [0.4, 0.5) is 13.2 Å². The Hall–Kier alpha value is -2.62. The Bertz CT molecular complexity index is 905. The van der Waals surface area contributed by atoms with E-state index < -0.39 is 29.4 Å². The molecule has 3 amide bonds. The predicted molar refractivity (Wildman–Crippen MR) is 112 cm³/mol. The molecule has 1 atom stereocenters. The molecule has 0 unspecified atom stereocenters. The standard InChI is InChI=1S/C23H28F3N3O4/c24-23(25,26)17-6-4-16(5-7-17)20(31)29-18(14-33-22(29)10-2-1-3-11-22)21(32)28-12-8-15(9-13-28)19(27)30/h4-7,15,18H,1-3,8-14H2,(H2,27,30)/t18-/m0/s1. The summed E-state index contributed by atoms with van der Waals surface area (Å²) in [7, 11) is 0. The molecule has 0 aromatic heterocycles. The van der Waals surface area contributed by atoms with Gasteiger partial charge in [0.05, 0.1) is 12.2 Å². The van der Waals surface area contributed by atoms with Crippen molar-refractivity contribution < 1.29 is 32.3 Å². The van der Waals surface area contributed by atoms with Crippen LogP contribution in [0.3, 0.4) is 0 Å². The number of halogens is 3. The summed E-state index contributed by atoms with van der Waals surface area (Å²) >= 11 is 0. The van der Waals surface area contributed by atoms with Gasteiger partial charge in [-0.3, -0.25) is 19.3 Å². The number of benzene rings is 1. The summed E-state index contributed by atoms with van der Waals surface area (Å²) in [4.78, 5) is 41.5. The van der Waals surface area contributed by atoms with Gasteiger partial charge in [-0.05, 0) is 62.8 Å². The SMILES string of the molecule is NC(=O)C1CCN(C(=O)[C@@H]2COC3(CCCCC3)N2C(=O)c2ccc(C(F)(F)F)cc2)CC1. The highest BCUT2D eigenvalue weighted by molar-refractivity contribution is 5.98. The number of alkyl halides is 3. The molecule has 1 aliphatic carbocycles. The average molecular weight is 467 g/mol. The Morgan fingerprint density at radius 2 is 1.61 bits per heavy atom. The third-order valence-corrected chi connectivity index (χ3v) is 7.07. The number of carbonyl (C=O) groups excluding carboxylic acids is 3. The molecule has 1 saturated carbocycles. The lowest BCUT2D eigenvalue weighted by Gasteiger charge is -2.42. The van der Waals surface area contributed by atoms with Gasteiger partial charge in [0.15, 0.2) is 0 Å². The highest BCUT2D eigenvalue weighted by atomic mass is 19.4. The second kappa shape index (κ2) is 8.96. The van der Waals surface area contributed by atoms with Crippen LogP contribution in [0.1, 0.15) is 60.9 Å². The molecule has 1 aromatic rings. The highest BCUT2D eigenvalue weighted by Gasteiger charge is 2.54. The maximum Gasteiger partial charge on any atom is 0.416 e. The summed E-state index contributed by atoms with van der Waals surface area (Å²) in [6.07, 6.45) is 0.244. The van der Waals surface area contributed by atoms with Crippen molar-refractivity contribution in [3.63, 3.8) is 0 Å². The molecule has 2 heterocycles. The van der Waals surface area contributed by atoms with E-state index in [-0.39, 0.29) is 29.9 Å². The zero-order valence-electron chi connectivity index (χ0n) is 18.3. The monoisotopic (exact) mass is 467 g/mol. The van der Waals surface area contributed by atoms with Gasteiger partial charge in [0.25, 0.3) is 5.91 Å². The number of nitrogens with zero attached hydrogens (tertiary/aromatic N) is 2. The molecule has 0 bridgehead atoms.